The monoisotopic (exact) mass is 1180 g/mol. The summed E-state index contributed by atoms with van der Waals surface area (Å²) in [7, 11) is 0.258. The lowest BCUT2D eigenvalue weighted by molar-refractivity contribution is -0.127. The first kappa shape index (κ1) is 64.7. The smallest absolute Gasteiger partial charge is 0.417 e. The van der Waals surface area contributed by atoms with E-state index in [9.17, 15) is 24.0 Å². The van der Waals surface area contributed by atoms with Gasteiger partial charge in [-0.1, -0.05) is 65.8 Å². The molecule has 3 aromatic rings. The highest BCUT2D eigenvalue weighted by Gasteiger charge is 2.52. The summed E-state index contributed by atoms with van der Waals surface area (Å²) in [5, 5.41) is 2.62. The van der Waals surface area contributed by atoms with Gasteiger partial charge in [-0.2, -0.15) is 0 Å². The lowest BCUT2D eigenvalue weighted by Crippen LogP contribution is -2.58. The normalized spacial score (nSPS) is 19.8. The van der Waals surface area contributed by atoms with Gasteiger partial charge in [-0.05, 0) is 140 Å². The molecule has 5 amide bonds. The molecule has 3 N–H and O–H groups in total. The molecule has 4 heterocycles. The van der Waals surface area contributed by atoms with Gasteiger partial charge in [-0.15, -0.1) is 0 Å². The van der Waals surface area contributed by atoms with E-state index < -0.39 is 62.0 Å². The molecule has 6 atom stereocenters. The van der Waals surface area contributed by atoms with Crippen molar-refractivity contribution >= 4 is 66.6 Å². The van der Waals surface area contributed by atoms with Crippen molar-refractivity contribution in [3.05, 3.63) is 83.6 Å². The third-order valence-electron chi connectivity index (χ3n) is 16.2. The summed E-state index contributed by atoms with van der Waals surface area (Å²) in [6.07, 6.45) is 2.27. The lowest BCUT2D eigenvalue weighted by Gasteiger charge is -2.44. The van der Waals surface area contributed by atoms with Crippen molar-refractivity contribution in [2.24, 2.45) is 17.6 Å². The van der Waals surface area contributed by atoms with Crippen LogP contribution < -0.4 is 39.8 Å². The van der Waals surface area contributed by atoms with Crippen LogP contribution in [-0.4, -0.2) is 129 Å². The van der Waals surface area contributed by atoms with Gasteiger partial charge in [0.25, 0.3) is 11.8 Å². The summed E-state index contributed by atoms with van der Waals surface area (Å²) < 4.78 is 43.9. The maximum atomic E-state index is 15.2. The zero-order valence-corrected chi connectivity index (χ0v) is 53.5. The largest absolute Gasteiger partial charge is 0.493 e. The number of methoxy groups -OCH3 is 2. The van der Waals surface area contributed by atoms with Crippen LogP contribution in [0.15, 0.2) is 66.9 Å². The minimum absolute atomic E-state index is 0.0284. The summed E-state index contributed by atoms with van der Waals surface area (Å²) in [6, 6.07) is 11.8. The second-order valence-electron chi connectivity index (χ2n) is 26.5. The average Bonchev–Trinajstić information content (AvgIpc) is 2.39. The Morgan fingerprint density at radius 2 is 1.25 bits per heavy atom. The van der Waals surface area contributed by atoms with E-state index in [0.29, 0.717) is 72.8 Å². The predicted octanol–water partition coefficient (Wildman–Crippen LogP) is 12.1. The number of carbonyl (C=O) groups excluding carboxylic acids is 6. The molecule has 7 rings (SSSR count). The summed E-state index contributed by atoms with van der Waals surface area (Å²) in [4.78, 5) is 90.6. The molecule has 3 aromatic carbocycles. The fourth-order valence-corrected chi connectivity index (χ4v) is 11.7. The Bertz CT molecular complexity index is 3030. The highest BCUT2D eigenvalue weighted by Crippen LogP contribution is 2.48. The van der Waals surface area contributed by atoms with Crippen LogP contribution in [0.2, 0.25) is 18.1 Å². The Morgan fingerprint density at radius 3 is 1.76 bits per heavy atom. The zero-order chi connectivity index (χ0) is 62.1. The first-order chi connectivity index (χ1) is 39.1. The number of benzene rings is 3. The number of ether oxygens (including phenoxy) is 6. The number of hydrogen-bond donors (Lipinski definition) is 2. The molecule has 0 bridgehead atoms. The van der Waals surface area contributed by atoms with Crippen molar-refractivity contribution in [2.75, 3.05) is 49.1 Å². The topological polar surface area (TPSA) is 218 Å². The quantitative estimate of drug-likeness (QED) is 0.0648. The first-order valence-corrected chi connectivity index (χ1v) is 32.2. The van der Waals surface area contributed by atoms with Gasteiger partial charge >= 0.3 is 12.2 Å². The van der Waals surface area contributed by atoms with Gasteiger partial charge in [0.05, 0.1) is 74.1 Å². The molecule has 19 nitrogen and oxygen atoms in total. The summed E-state index contributed by atoms with van der Waals surface area (Å²) >= 11 is 0. The van der Waals surface area contributed by atoms with Crippen LogP contribution in [0, 0.1) is 11.8 Å². The lowest BCUT2D eigenvalue weighted by atomic mass is 9.93. The molecular weight excluding hydrogens is 1090 g/mol. The highest BCUT2D eigenvalue weighted by atomic mass is 28.4. The molecule has 458 valence electrons. The van der Waals surface area contributed by atoms with Crippen molar-refractivity contribution in [3.63, 3.8) is 0 Å². The predicted molar refractivity (Wildman–Crippen MR) is 328 cm³/mol. The van der Waals surface area contributed by atoms with Crippen LogP contribution in [-0.2, 0) is 23.5 Å². The summed E-state index contributed by atoms with van der Waals surface area (Å²) in [5.74, 6) is -0.397. The van der Waals surface area contributed by atoms with E-state index in [1.54, 1.807) is 106 Å². The highest BCUT2D eigenvalue weighted by molar-refractivity contribution is 6.74. The molecule has 0 saturated carbocycles. The van der Waals surface area contributed by atoms with E-state index >= 15 is 4.79 Å². The number of anilines is 3. The van der Waals surface area contributed by atoms with Crippen LogP contribution in [0.1, 0.15) is 155 Å². The van der Waals surface area contributed by atoms with Crippen LogP contribution in [0.25, 0.3) is 5.57 Å². The molecule has 20 heteroatoms. The van der Waals surface area contributed by atoms with E-state index in [1.165, 1.54) is 19.1 Å². The standard InChI is InChI=1S/C64H90N6O13Si/c1-37(2)55(65)50(71)29-39(4)56(72)66-43-24-22-41(23-25-43)42-30-49-59(83-84(17,18)64(12,13)14)70(61(76)82-63(9,10)11)48-34-54(52(78-16)32-45(48)58(74)68(49)36-42)80-27-21-19-20-26-79-53-33-47-44(31-51(53)77-15)57(73)67-35-38(3)28-46(67)40(5)69(47)60(75)81-62(6,7)8/h22-25,31-34,36-37,39-40,46,49,55,59H,3,19-21,26-30,35,65H2,1-2,4-18H3,(H,66,72)/t39-,40+,46+,49+,55+,59+/m1/s1. The third kappa shape index (κ3) is 14.4. The number of nitrogens with two attached hydrogens (primary N) is 1. The van der Waals surface area contributed by atoms with Crippen molar-refractivity contribution in [2.45, 2.75) is 188 Å². The van der Waals surface area contributed by atoms with E-state index in [1.807, 2.05) is 32.9 Å². The molecule has 0 unspecified atom stereocenters. The zero-order valence-electron chi connectivity index (χ0n) is 52.5. The number of fused-ring (bicyclic) bond motifs is 4. The number of amides is 5. The number of nitrogens with one attached hydrogen (secondary N) is 1. The van der Waals surface area contributed by atoms with Gasteiger partial charge in [0.2, 0.25) is 5.91 Å². The van der Waals surface area contributed by atoms with Crippen LogP contribution in [0.5, 0.6) is 23.0 Å². The molecule has 0 aromatic heterocycles. The Morgan fingerprint density at radius 1 is 0.726 bits per heavy atom. The third-order valence-corrected chi connectivity index (χ3v) is 20.7. The van der Waals surface area contributed by atoms with Gasteiger partial charge in [-0.25, -0.2) is 14.5 Å². The Hall–Kier alpha value is -6.90. The van der Waals surface area contributed by atoms with Crippen LogP contribution in [0.4, 0.5) is 26.7 Å². The summed E-state index contributed by atoms with van der Waals surface area (Å²) in [5.41, 5.74) is 8.52. The number of Topliss-reactive ketones (excluding diaryl/α,β-unsaturated/α-hetero) is 1. The molecule has 1 fully saturated rings. The second kappa shape index (κ2) is 25.4. The number of rotatable bonds is 19. The van der Waals surface area contributed by atoms with E-state index in [-0.39, 0.29) is 77.1 Å². The van der Waals surface area contributed by atoms with Crippen molar-refractivity contribution in [3.8, 4) is 23.0 Å². The van der Waals surface area contributed by atoms with Gasteiger partial charge in [-0.3, -0.25) is 24.1 Å². The fraction of sp³-hybridized carbons (Fsp3) is 0.562. The molecule has 4 aliphatic heterocycles. The molecule has 0 aliphatic carbocycles. The molecule has 84 heavy (non-hydrogen) atoms. The molecule has 4 aliphatic rings. The van der Waals surface area contributed by atoms with E-state index in [0.717, 1.165) is 16.7 Å². The van der Waals surface area contributed by atoms with E-state index in [4.69, 9.17) is 38.6 Å². The minimum atomic E-state index is -2.74. The minimum Gasteiger partial charge on any atom is -0.493 e. The summed E-state index contributed by atoms with van der Waals surface area (Å²) in [6.45, 7) is 33.7. The number of hydrogen-bond acceptors (Lipinski definition) is 14. The van der Waals surface area contributed by atoms with E-state index in [2.05, 4.69) is 45.8 Å². The molecular formula is C64H90N6O13Si. The Labute approximate surface area is 497 Å². The number of ketones is 1. The average molecular weight is 1180 g/mol. The fourth-order valence-electron chi connectivity index (χ4n) is 10.5. The van der Waals surface area contributed by atoms with Gasteiger partial charge in [0, 0.05) is 42.9 Å². The first-order valence-electron chi connectivity index (χ1n) is 29.3. The SMILES string of the molecule is C=C1C[C@H]2[C@H](C)N(C(=O)OC(C)(C)C)c3cc(OCCCCCOc4cc5c(cc4OC)C(=O)N4C=C(c6ccc(NC(=O)[C@H](C)CC(=O)[C@@H](N)C(C)C)cc6)C[C@H]4[C@H](O[Si](C)(C)C(C)(C)C)N5C(=O)OC(C)(C)C)c(OC)cc3C(=O)N2C1. The van der Waals surface area contributed by atoms with Gasteiger partial charge < -0.3 is 53.7 Å². The number of carbonyl (C=O) groups is 6. The van der Waals surface area contributed by atoms with Crippen LogP contribution >= 0.6 is 0 Å². The van der Waals surface area contributed by atoms with Crippen molar-refractivity contribution < 1.29 is 61.6 Å². The number of nitrogens with zero attached hydrogens (tertiary/aromatic N) is 4. The van der Waals surface area contributed by atoms with Crippen molar-refractivity contribution in [1.29, 1.82) is 0 Å². The number of unbranched alkanes of at least 4 members (excludes halogenated alkanes) is 2. The molecule has 0 spiro atoms. The van der Waals surface area contributed by atoms with Crippen LogP contribution in [0.3, 0.4) is 0 Å². The maximum absolute atomic E-state index is 15.2. The molecule has 0 radical (unpaired) electrons. The maximum Gasteiger partial charge on any atom is 0.417 e. The Balaban J connectivity index is 1.12. The molecule has 1 saturated heterocycles. The van der Waals surface area contributed by atoms with Crippen molar-refractivity contribution in [1.82, 2.24) is 9.80 Å². The van der Waals surface area contributed by atoms with Gasteiger partial charge in [0.1, 0.15) is 11.2 Å². The van der Waals surface area contributed by atoms with Gasteiger partial charge in [0.15, 0.2) is 43.3 Å². The Kier molecular flexibility index (Phi) is 19.5. The second-order valence-corrected chi connectivity index (χ2v) is 31.3.